The number of carbonyl (C=O) groups is 2. The Balaban J connectivity index is 2.26. The third kappa shape index (κ3) is 7.40. The van der Waals surface area contributed by atoms with Gasteiger partial charge in [-0.05, 0) is 37.6 Å². The molecule has 0 bridgehead atoms. The second kappa shape index (κ2) is 10.4. The first-order valence-electron chi connectivity index (χ1n) is 10.5. The first kappa shape index (κ1) is 24.4. The molecule has 0 unspecified atom stereocenters. The van der Waals surface area contributed by atoms with Crippen LogP contribution in [0.25, 0.3) is 0 Å². The fraction of sp³-hybridized carbons (Fsp3) is 0.522. The summed E-state index contributed by atoms with van der Waals surface area (Å²) in [6, 6.07) is 3.45. The number of carbonyl (C=O) groups excluding carboxylic acids is 2. The van der Waals surface area contributed by atoms with Gasteiger partial charge in [0, 0.05) is 32.0 Å². The number of pyridine rings is 1. The predicted octanol–water partition coefficient (Wildman–Crippen LogP) is 2.34. The van der Waals surface area contributed by atoms with Gasteiger partial charge in [-0.25, -0.2) is 0 Å². The molecule has 0 aromatic carbocycles. The Morgan fingerprint density at radius 3 is 2.26 bits per heavy atom. The van der Waals surface area contributed by atoms with E-state index in [1.54, 1.807) is 16.7 Å². The van der Waals surface area contributed by atoms with Gasteiger partial charge in [0.15, 0.2) is 0 Å². The van der Waals surface area contributed by atoms with Crippen LogP contribution in [0, 0.1) is 11.3 Å². The molecule has 2 heterocycles. The lowest BCUT2D eigenvalue weighted by Gasteiger charge is -2.28. The van der Waals surface area contributed by atoms with Crippen LogP contribution in [0.4, 0.5) is 0 Å². The Morgan fingerprint density at radius 1 is 1.13 bits per heavy atom. The average Bonchev–Trinajstić information content (AvgIpc) is 3.17. The van der Waals surface area contributed by atoms with Crippen molar-refractivity contribution in [3.8, 4) is 0 Å². The van der Waals surface area contributed by atoms with Crippen LogP contribution in [0.2, 0.25) is 0 Å². The third-order valence-corrected chi connectivity index (χ3v) is 4.62. The van der Waals surface area contributed by atoms with Gasteiger partial charge in [-0.15, -0.1) is 0 Å². The lowest BCUT2D eigenvalue weighted by molar-refractivity contribution is 0.0927. The van der Waals surface area contributed by atoms with E-state index >= 15 is 0 Å². The third-order valence-electron chi connectivity index (χ3n) is 4.62. The van der Waals surface area contributed by atoms with Gasteiger partial charge in [-0.3, -0.25) is 14.4 Å². The standard InChI is InChI=1S/C23H34N4O4/c1-16(2)11-27-12-18(21(29)24-10-17-8-7-9-31-17)20(28)19(13-27)22(30)25-14-23(3,4)15-26(5)6/h7-9,12-13,16H,10-11,14-15H2,1-6H3,(H,24,29)(H,25,30). The summed E-state index contributed by atoms with van der Waals surface area (Å²) in [7, 11) is 3.94. The SMILES string of the molecule is CC(C)Cn1cc(C(=O)NCc2ccco2)c(=O)c(C(=O)NCC(C)(C)CN(C)C)c1. The van der Waals surface area contributed by atoms with Crippen molar-refractivity contribution >= 4 is 11.8 Å². The number of nitrogens with one attached hydrogen (secondary N) is 2. The minimum Gasteiger partial charge on any atom is -0.467 e. The van der Waals surface area contributed by atoms with Crippen LogP contribution in [-0.2, 0) is 13.1 Å². The second-order valence-electron chi connectivity index (χ2n) is 9.35. The molecule has 0 radical (unpaired) electrons. The van der Waals surface area contributed by atoms with Gasteiger partial charge in [0.25, 0.3) is 11.8 Å². The maximum Gasteiger partial charge on any atom is 0.257 e. The van der Waals surface area contributed by atoms with Crippen LogP contribution in [0.3, 0.4) is 0 Å². The molecule has 2 N–H and O–H groups in total. The van der Waals surface area contributed by atoms with Crippen LogP contribution in [-0.4, -0.2) is 48.5 Å². The zero-order valence-electron chi connectivity index (χ0n) is 19.3. The Hall–Kier alpha value is -2.87. The summed E-state index contributed by atoms with van der Waals surface area (Å²) < 4.78 is 6.94. The summed E-state index contributed by atoms with van der Waals surface area (Å²) in [6.07, 6.45) is 4.55. The summed E-state index contributed by atoms with van der Waals surface area (Å²) in [4.78, 5) is 40.6. The molecule has 0 atom stereocenters. The smallest absolute Gasteiger partial charge is 0.257 e. The molecule has 0 saturated carbocycles. The molecule has 0 aliphatic heterocycles. The Kier molecular flexibility index (Phi) is 8.21. The van der Waals surface area contributed by atoms with Crippen molar-refractivity contribution in [1.29, 1.82) is 0 Å². The van der Waals surface area contributed by atoms with E-state index in [-0.39, 0.29) is 29.0 Å². The van der Waals surface area contributed by atoms with Crippen molar-refractivity contribution in [2.24, 2.45) is 11.3 Å². The van der Waals surface area contributed by atoms with E-state index in [4.69, 9.17) is 4.42 Å². The molecule has 8 nitrogen and oxygen atoms in total. The lowest BCUT2D eigenvalue weighted by Crippen LogP contribution is -2.42. The highest BCUT2D eigenvalue weighted by molar-refractivity contribution is 5.99. The van der Waals surface area contributed by atoms with E-state index in [0.717, 1.165) is 6.54 Å². The summed E-state index contributed by atoms with van der Waals surface area (Å²) in [6.45, 7) is 10.1. The highest BCUT2D eigenvalue weighted by Crippen LogP contribution is 2.14. The summed E-state index contributed by atoms with van der Waals surface area (Å²) in [5.74, 6) is -0.166. The molecule has 2 rings (SSSR count). The van der Waals surface area contributed by atoms with Crippen LogP contribution in [0.1, 0.15) is 54.2 Å². The van der Waals surface area contributed by atoms with E-state index in [2.05, 4.69) is 10.6 Å². The van der Waals surface area contributed by atoms with Crippen LogP contribution in [0.15, 0.2) is 40.0 Å². The quantitative estimate of drug-likeness (QED) is 0.603. The van der Waals surface area contributed by atoms with Crippen molar-refractivity contribution < 1.29 is 14.0 Å². The van der Waals surface area contributed by atoms with Crippen molar-refractivity contribution in [3.63, 3.8) is 0 Å². The fourth-order valence-corrected chi connectivity index (χ4v) is 3.48. The van der Waals surface area contributed by atoms with Crippen LogP contribution >= 0.6 is 0 Å². The van der Waals surface area contributed by atoms with E-state index in [1.807, 2.05) is 46.7 Å². The molecule has 2 amide bonds. The number of furan rings is 1. The number of amides is 2. The Morgan fingerprint density at radius 2 is 1.74 bits per heavy atom. The van der Waals surface area contributed by atoms with E-state index < -0.39 is 17.2 Å². The number of hydrogen-bond acceptors (Lipinski definition) is 5. The lowest BCUT2D eigenvalue weighted by atomic mass is 9.93. The maximum atomic E-state index is 13.0. The normalized spacial score (nSPS) is 11.7. The topological polar surface area (TPSA) is 96.6 Å². The number of hydrogen-bond donors (Lipinski definition) is 2. The first-order valence-corrected chi connectivity index (χ1v) is 10.5. The molecule has 2 aromatic heterocycles. The molecule has 0 spiro atoms. The molecular formula is C23H34N4O4. The van der Waals surface area contributed by atoms with Crippen molar-refractivity contribution in [2.75, 3.05) is 27.2 Å². The van der Waals surface area contributed by atoms with Gasteiger partial charge >= 0.3 is 0 Å². The largest absolute Gasteiger partial charge is 0.467 e. The summed E-state index contributed by atoms with van der Waals surface area (Å²) >= 11 is 0. The molecule has 8 heteroatoms. The summed E-state index contributed by atoms with van der Waals surface area (Å²) in [5, 5.41) is 5.54. The zero-order chi connectivity index (χ0) is 23.2. The van der Waals surface area contributed by atoms with Crippen molar-refractivity contribution in [1.82, 2.24) is 20.1 Å². The van der Waals surface area contributed by atoms with Gasteiger partial charge < -0.3 is 24.5 Å². The molecule has 170 valence electrons. The second-order valence-corrected chi connectivity index (χ2v) is 9.35. The molecule has 0 saturated heterocycles. The number of nitrogens with zero attached hydrogens (tertiary/aromatic N) is 2. The molecule has 0 fully saturated rings. The monoisotopic (exact) mass is 430 g/mol. The highest BCUT2D eigenvalue weighted by Gasteiger charge is 2.23. The molecule has 31 heavy (non-hydrogen) atoms. The molecule has 0 aliphatic carbocycles. The van der Waals surface area contributed by atoms with Crippen molar-refractivity contribution in [3.05, 3.63) is 57.9 Å². The van der Waals surface area contributed by atoms with Gasteiger partial charge in [0.05, 0.1) is 12.8 Å². The van der Waals surface area contributed by atoms with Crippen LogP contribution in [0.5, 0.6) is 0 Å². The predicted molar refractivity (Wildman–Crippen MR) is 120 cm³/mol. The molecule has 2 aromatic rings. The van der Waals surface area contributed by atoms with E-state index in [9.17, 15) is 14.4 Å². The minimum atomic E-state index is -0.583. The van der Waals surface area contributed by atoms with E-state index in [1.165, 1.54) is 18.7 Å². The van der Waals surface area contributed by atoms with Gasteiger partial charge in [-0.1, -0.05) is 27.7 Å². The Labute approximate surface area is 183 Å². The summed E-state index contributed by atoms with van der Waals surface area (Å²) in [5.41, 5.74) is -0.854. The van der Waals surface area contributed by atoms with Gasteiger partial charge in [-0.2, -0.15) is 0 Å². The number of rotatable bonds is 10. The molecular weight excluding hydrogens is 396 g/mol. The van der Waals surface area contributed by atoms with Crippen molar-refractivity contribution in [2.45, 2.75) is 40.8 Å². The van der Waals surface area contributed by atoms with Gasteiger partial charge in [0.1, 0.15) is 16.9 Å². The average molecular weight is 431 g/mol. The highest BCUT2D eigenvalue weighted by atomic mass is 16.3. The van der Waals surface area contributed by atoms with Crippen LogP contribution < -0.4 is 16.1 Å². The fourth-order valence-electron chi connectivity index (χ4n) is 3.48. The number of aromatic nitrogens is 1. The zero-order valence-corrected chi connectivity index (χ0v) is 19.3. The molecule has 0 aliphatic rings. The van der Waals surface area contributed by atoms with E-state index in [0.29, 0.717) is 18.8 Å². The Bertz CT molecular complexity index is 943. The van der Waals surface area contributed by atoms with Gasteiger partial charge in [0.2, 0.25) is 5.43 Å². The minimum absolute atomic E-state index is 0.0352. The maximum absolute atomic E-state index is 13.0. The first-order chi connectivity index (χ1) is 14.5.